The van der Waals surface area contributed by atoms with Crippen LogP contribution in [0.1, 0.15) is 93.5 Å². The van der Waals surface area contributed by atoms with Crippen LogP contribution in [0.4, 0.5) is 0 Å². The number of nitrogens with zero attached hydrogens (tertiary/aromatic N) is 2. The maximum Gasteiger partial charge on any atom is 0.337 e. The van der Waals surface area contributed by atoms with Crippen molar-refractivity contribution in [3.63, 3.8) is 0 Å². The lowest BCUT2D eigenvalue weighted by Gasteiger charge is -2.41. The van der Waals surface area contributed by atoms with Crippen LogP contribution in [0, 0.1) is 5.92 Å². The molecule has 3 aliphatic heterocycles. The van der Waals surface area contributed by atoms with Crippen LogP contribution in [0.2, 0.25) is 0 Å². The molecule has 3 heterocycles. The van der Waals surface area contributed by atoms with Crippen LogP contribution < -0.4 is 0 Å². The number of carbonyl (C=O) groups excluding carboxylic acids is 2. The van der Waals surface area contributed by atoms with Crippen LogP contribution in [0.3, 0.4) is 0 Å². The van der Waals surface area contributed by atoms with Gasteiger partial charge in [0, 0.05) is 31.7 Å². The summed E-state index contributed by atoms with van der Waals surface area (Å²) in [7, 11) is 1.43. The first kappa shape index (κ1) is 26.6. The first-order valence-electron chi connectivity index (χ1n) is 14.4. The van der Waals surface area contributed by atoms with E-state index in [9.17, 15) is 9.59 Å². The molecule has 204 valence electrons. The molecule has 4 aliphatic rings. The summed E-state index contributed by atoms with van der Waals surface area (Å²) in [5.41, 5.74) is 1.88. The standard InChI is InChI=1S/C30H44N2O5/c1-30(2)36-20-27(37-30)28(33)31(19-21-8-5-4-6-9-21)14-15-32-25-12-13-26(32)18-24(17-25)22-10-7-11-23(16-22)29(34)35-3/h7,10-11,16,21,24-27H,4-6,8-9,12-15,17-20H2,1-3H3/t24-,25+,26-,27-/m0/s1. The second-order valence-corrected chi connectivity index (χ2v) is 12.0. The number of benzene rings is 1. The minimum atomic E-state index is -0.691. The summed E-state index contributed by atoms with van der Waals surface area (Å²) in [4.78, 5) is 30.4. The molecule has 0 N–H and O–H groups in total. The second kappa shape index (κ2) is 11.4. The van der Waals surface area contributed by atoms with Crippen molar-refractivity contribution in [3.05, 3.63) is 35.4 Å². The van der Waals surface area contributed by atoms with E-state index >= 15 is 0 Å². The molecule has 1 aromatic carbocycles. The van der Waals surface area contributed by atoms with Crippen LogP contribution in [0.5, 0.6) is 0 Å². The molecule has 4 fully saturated rings. The number of rotatable bonds is 8. The van der Waals surface area contributed by atoms with Gasteiger partial charge in [0.1, 0.15) is 0 Å². The summed E-state index contributed by atoms with van der Waals surface area (Å²) < 4.78 is 16.6. The lowest BCUT2D eigenvalue weighted by Crippen LogP contribution is -2.50. The molecule has 1 amide bonds. The van der Waals surface area contributed by atoms with Gasteiger partial charge in [0.2, 0.25) is 0 Å². The highest BCUT2D eigenvalue weighted by molar-refractivity contribution is 5.89. The van der Waals surface area contributed by atoms with E-state index in [1.165, 1.54) is 57.6 Å². The molecule has 1 aliphatic carbocycles. The van der Waals surface area contributed by atoms with Gasteiger partial charge in [0.05, 0.1) is 19.3 Å². The zero-order chi connectivity index (χ0) is 26.0. The third kappa shape index (κ3) is 6.21. The first-order chi connectivity index (χ1) is 17.8. The molecule has 37 heavy (non-hydrogen) atoms. The Hall–Kier alpha value is -1.96. The fourth-order valence-electron chi connectivity index (χ4n) is 7.17. The van der Waals surface area contributed by atoms with E-state index < -0.39 is 11.9 Å². The number of piperidine rings is 1. The first-order valence-corrected chi connectivity index (χ1v) is 14.4. The number of carbonyl (C=O) groups is 2. The molecule has 0 spiro atoms. The Kier molecular flexibility index (Phi) is 8.22. The largest absolute Gasteiger partial charge is 0.465 e. The van der Waals surface area contributed by atoms with Crippen molar-refractivity contribution >= 4 is 11.9 Å². The minimum Gasteiger partial charge on any atom is -0.465 e. The highest BCUT2D eigenvalue weighted by atomic mass is 16.7. The van der Waals surface area contributed by atoms with Crippen LogP contribution in [-0.4, -0.2) is 79.0 Å². The van der Waals surface area contributed by atoms with E-state index in [0.717, 1.165) is 32.5 Å². The predicted molar refractivity (Wildman–Crippen MR) is 141 cm³/mol. The molecule has 7 nitrogen and oxygen atoms in total. The van der Waals surface area contributed by atoms with Gasteiger partial charge in [-0.05, 0) is 81.9 Å². The monoisotopic (exact) mass is 512 g/mol. The predicted octanol–water partition coefficient (Wildman–Crippen LogP) is 4.74. The minimum absolute atomic E-state index is 0.0954. The van der Waals surface area contributed by atoms with Crippen LogP contribution in [-0.2, 0) is 19.0 Å². The van der Waals surface area contributed by atoms with E-state index in [1.54, 1.807) is 0 Å². The molecule has 7 heteroatoms. The van der Waals surface area contributed by atoms with Gasteiger partial charge < -0.3 is 19.1 Å². The molecular formula is C30H44N2O5. The molecular weight excluding hydrogens is 468 g/mol. The zero-order valence-electron chi connectivity index (χ0n) is 22.8. The third-order valence-electron chi connectivity index (χ3n) is 9.09. The number of ether oxygens (including phenoxy) is 3. The van der Waals surface area contributed by atoms with Crippen molar-refractivity contribution in [2.45, 2.75) is 102 Å². The second-order valence-electron chi connectivity index (χ2n) is 12.0. The molecule has 1 saturated carbocycles. The van der Waals surface area contributed by atoms with Gasteiger partial charge in [-0.1, -0.05) is 31.4 Å². The third-order valence-corrected chi connectivity index (χ3v) is 9.09. The molecule has 5 rings (SSSR count). The van der Waals surface area contributed by atoms with Gasteiger partial charge in [-0.25, -0.2) is 4.79 Å². The number of fused-ring (bicyclic) bond motifs is 2. The van der Waals surface area contributed by atoms with Crippen molar-refractivity contribution in [2.75, 3.05) is 33.4 Å². The van der Waals surface area contributed by atoms with Crippen molar-refractivity contribution in [2.24, 2.45) is 5.92 Å². The Morgan fingerprint density at radius 2 is 1.81 bits per heavy atom. The van der Waals surface area contributed by atoms with E-state index in [2.05, 4.69) is 15.9 Å². The van der Waals surface area contributed by atoms with E-state index in [0.29, 0.717) is 36.1 Å². The van der Waals surface area contributed by atoms with Crippen molar-refractivity contribution in [3.8, 4) is 0 Å². The van der Waals surface area contributed by atoms with Gasteiger partial charge in [-0.15, -0.1) is 0 Å². The summed E-state index contributed by atoms with van der Waals surface area (Å²) in [6.45, 7) is 6.62. The summed E-state index contributed by atoms with van der Waals surface area (Å²) in [6, 6.07) is 9.03. The number of hydrogen-bond donors (Lipinski definition) is 0. The Balaban J connectivity index is 1.22. The van der Waals surface area contributed by atoms with Crippen LogP contribution in [0.15, 0.2) is 24.3 Å². The Morgan fingerprint density at radius 3 is 2.46 bits per heavy atom. The van der Waals surface area contributed by atoms with E-state index in [1.807, 2.05) is 32.0 Å². The average molecular weight is 513 g/mol. The van der Waals surface area contributed by atoms with Crippen molar-refractivity contribution < 1.29 is 23.8 Å². The fourth-order valence-corrected chi connectivity index (χ4v) is 7.17. The van der Waals surface area contributed by atoms with Gasteiger partial charge in [-0.3, -0.25) is 9.69 Å². The summed E-state index contributed by atoms with van der Waals surface area (Å²) >= 11 is 0. The maximum absolute atomic E-state index is 13.6. The fraction of sp³-hybridized carbons (Fsp3) is 0.733. The quantitative estimate of drug-likeness (QED) is 0.469. The average Bonchev–Trinajstić information content (AvgIpc) is 3.39. The highest BCUT2D eigenvalue weighted by Crippen LogP contribution is 2.43. The van der Waals surface area contributed by atoms with Crippen LogP contribution >= 0.6 is 0 Å². The van der Waals surface area contributed by atoms with Crippen molar-refractivity contribution in [1.29, 1.82) is 0 Å². The van der Waals surface area contributed by atoms with Gasteiger partial charge >= 0.3 is 5.97 Å². The number of hydrogen-bond acceptors (Lipinski definition) is 6. The van der Waals surface area contributed by atoms with Gasteiger partial charge in [-0.2, -0.15) is 0 Å². The van der Waals surface area contributed by atoms with E-state index in [4.69, 9.17) is 14.2 Å². The Morgan fingerprint density at radius 1 is 1.08 bits per heavy atom. The maximum atomic E-state index is 13.6. The van der Waals surface area contributed by atoms with Gasteiger partial charge in [0.15, 0.2) is 11.9 Å². The molecule has 4 atom stereocenters. The molecule has 0 unspecified atom stereocenters. The number of amides is 1. The Labute approximate surface area is 221 Å². The molecule has 3 saturated heterocycles. The summed E-state index contributed by atoms with van der Waals surface area (Å²) in [5, 5.41) is 0. The lowest BCUT2D eigenvalue weighted by atomic mass is 9.84. The topological polar surface area (TPSA) is 68.3 Å². The lowest BCUT2D eigenvalue weighted by molar-refractivity contribution is -0.161. The smallest absolute Gasteiger partial charge is 0.337 e. The number of esters is 1. The van der Waals surface area contributed by atoms with Crippen molar-refractivity contribution in [1.82, 2.24) is 9.80 Å². The molecule has 0 radical (unpaired) electrons. The summed E-state index contributed by atoms with van der Waals surface area (Å²) in [5.74, 6) is 0.188. The molecule has 2 bridgehead atoms. The molecule has 0 aromatic heterocycles. The zero-order valence-corrected chi connectivity index (χ0v) is 22.8. The Bertz CT molecular complexity index is 945. The SMILES string of the molecule is COC(=O)c1cccc([C@H]2C[C@H]3CC[C@@H](C2)N3CCN(CC2CCCCC2)C(=O)[C@@H]2COC(C)(C)O2)c1. The highest BCUT2D eigenvalue weighted by Gasteiger charge is 2.43. The summed E-state index contributed by atoms with van der Waals surface area (Å²) in [6.07, 6.45) is 10.4. The van der Waals surface area contributed by atoms with E-state index in [-0.39, 0.29) is 11.9 Å². The van der Waals surface area contributed by atoms with Gasteiger partial charge in [0.25, 0.3) is 5.91 Å². The molecule has 1 aromatic rings. The van der Waals surface area contributed by atoms with Crippen LogP contribution in [0.25, 0.3) is 0 Å². The number of methoxy groups -OCH3 is 1. The normalized spacial score (nSPS) is 29.8.